The van der Waals surface area contributed by atoms with Gasteiger partial charge in [-0.15, -0.1) is 6.42 Å². The average Bonchev–Trinajstić information content (AvgIpc) is 2.27. The van der Waals surface area contributed by atoms with Crippen molar-refractivity contribution < 1.29 is 9.53 Å². The third-order valence-electron chi connectivity index (χ3n) is 1.98. The monoisotopic (exact) mass is 217 g/mol. The first-order valence-electron chi connectivity index (χ1n) is 5.02. The summed E-state index contributed by atoms with van der Waals surface area (Å²) >= 11 is 0. The van der Waals surface area contributed by atoms with E-state index in [1.807, 2.05) is 30.3 Å². The van der Waals surface area contributed by atoms with Crippen molar-refractivity contribution in [1.82, 2.24) is 5.32 Å². The third-order valence-corrected chi connectivity index (χ3v) is 1.98. The van der Waals surface area contributed by atoms with Gasteiger partial charge in [0.05, 0.1) is 0 Å². The smallest absolute Gasteiger partial charge is 0.408 e. The van der Waals surface area contributed by atoms with Gasteiger partial charge in [0.15, 0.2) is 5.60 Å². The minimum absolute atomic E-state index is 0.431. The molecule has 0 bridgehead atoms. The number of terminal acetylenes is 1. The van der Waals surface area contributed by atoms with E-state index in [1.54, 1.807) is 13.8 Å². The van der Waals surface area contributed by atoms with Crippen LogP contribution in [0.5, 0.6) is 0 Å². The van der Waals surface area contributed by atoms with Crippen LogP contribution in [0.2, 0.25) is 0 Å². The number of hydrogen-bond acceptors (Lipinski definition) is 2. The second kappa shape index (κ2) is 5.22. The molecule has 0 aliphatic heterocycles. The van der Waals surface area contributed by atoms with E-state index < -0.39 is 11.7 Å². The Kier molecular flexibility index (Phi) is 3.96. The molecule has 1 aromatic rings. The average molecular weight is 217 g/mol. The minimum Gasteiger partial charge on any atom is -0.430 e. The summed E-state index contributed by atoms with van der Waals surface area (Å²) in [4.78, 5) is 11.4. The number of carbonyl (C=O) groups excluding carboxylic acids is 1. The molecule has 0 saturated heterocycles. The number of ether oxygens (including phenoxy) is 1. The Labute approximate surface area is 95.8 Å². The fraction of sp³-hybridized carbons (Fsp3) is 0.308. The summed E-state index contributed by atoms with van der Waals surface area (Å²) in [7, 11) is 0. The van der Waals surface area contributed by atoms with Gasteiger partial charge in [0, 0.05) is 6.54 Å². The summed E-state index contributed by atoms with van der Waals surface area (Å²) < 4.78 is 5.02. The molecule has 84 valence electrons. The maximum absolute atomic E-state index is 11.4. The van der Waals surface area contributed by atoms with Gasteiger partial charge < -0.3 is 10.1 Å². The highest BCUT2D eigenvalue weighted by Gasteiger charge is 2.18. The molecule has 0 unspecified atom stereocenters. The lowest BCUT2D eigenvalue weighted by atomic mass is 10.1. The first-order valence-corrected chi connectivity index (χ1v) is 5.02. The van der Waals surface area contributed by atoms with Crippen LogP contribution in [0.1, 0.15) is 19.4 Å². The molecule has 0 aromatic heterocycles. The molecular weight excluding hydrogens is 202 g/mol. The lowest BCUT2D eigenvalue weighted by molar-refractivity contribution is 0.0778. The molecule has 0 spiro atoms. The van der Waals surface area contributed by atoms with Crippen molar-refractivity contribution in [2.24, 2.45) is 0 Å². The number of benzene rings is 1. The number of alkyl carbamates (subject to hydrolysis) is 1. The van der Waals surface area contributed by atoms with E-state index in [4.69, 9.17) is 11.2 Å². The van der Waals surface area contributed by atoms with E-state index in [1.165, 1.54) is 0 Å². The van der Waals surface area contributed by atoms with Gasteiger partial charge in [-0.2, -0.15) is 0 Å². The fourth-order valence-corrected chi connectivity index (χ4v) is 1.07. The van der Waals surface area contributed by atoms with Crippen LogP contribution in [-0.4, -0.2) is 11.7 Å². The molecule has 0 radical (unpaired) electrons. The normalized spacial score (nSPS) is 10.3. The van der Waals surface area contributed by atoms with Crippen LogP contribution in [0, 0.1) is 12.3 Å². The van der Waals surface area contributed by atoms with Crippen LogP contribution >= 0.6 is 0 Å². The summed E-state index contributed by atoms with van der Waals surface area (Å²) in [5, 5.41) is 2.63. The second-order valence-electron chi connectivity index (χ2n) is 3.88. The second-order valence-corrected chi connectivity index (χ2v) is 3.88. The summed E-state index contributed by atoms with van der Waals surface area (Å²) in [6.45, 7) is 3.75. The predicted molar refractivity (Wildman–Crippen MR) is 62.7 cm³/mol. The third kappa shape index (κ3) is 4.05. The van der Waals surface area contributed by atoms with Gasteiger partial charge in [0.1, 0.15) is 0 Å². The summed E-state index contributed by atoms with van der Waals surface area (Å²) in [5.41, 5.74) is 0.138. The minimum atomic E-state index is -0.874. The Bertz CT molecular complexity index is 390. The fourth-order valence-electron chi connectivity index (χ4n) is 1.07. The predicted octanol–water partition coefficient (Wildman–Crippen LogP) is 2.32. The van der Waals surface area contributed by atoms with Crippen LogP contribution in [0.3, 0.4) is 0 Å². The molecule has 0 saturated carbocycles. The lowest BCUT2D eigenvalue weighted by Crippen LogP contribution is -2.33. The summed E-state index contributed by atoms with van der Waals surface area (Å²) in [6, 6.07) is 9.59. The van der Waals surface area contributed by atoms with E-state index in [0.29, 0.717) is 6.54 Å². The highest BCUT2D eigenvalue weighted by atomic mass is 16.6. The summed E-state index contributed by atoms with van der Waals surface area (Å²) in [6.07, 6.45) is 4.70. The molecule has 1 rings (SSSR count). The molecule has 0 atom stereocenters. The van der Waals surface area contributed by atoms with E-state index in [2.05, 4.69) is 11.2 Å². The molecule has 1 amide bonds. The number of carbonyl (C=O) groups is 1. The van der Waals surface area contributed by atoms with Gasteiger partial charge >= 0.3 is 6.09 Å². The SMILES string of the molecule is C#CC(C)(C)OC(=O)NCc1ccccc1. The Hall–Kier alpha value is -1.95. The zero-order chi connectivity index (χ0) is 12.0. The van der Waals surface area contributed by atoms with E-state index in [-0.39, 0.29) is 0 Å². The largest absolute Gasteiger partial charge is 0.430 e. The zero-order valence-electron chi connectivity index (χ0n) is 9.49. The van der Waals surface area contributed by atoms with Crippen molar-refractivity contribution in [3.05, 3.63) is 35.9 Å². The zero-order valence-corrected chi connectivity index (χ0v) is 9.49. The van der Waals surface area contributed by atoms with Gasteiger partial charge in [0.25, 0.3) is 0 Å². The molecular formula is C13H15NO2. The van der Waals surface area contributed by atoms with E-state index >= 15 is 0 Å². The van der Waals surface area contributed by atoms with Gasteiger partial charge in [-0.3, -0.25) is 0 Å². The standard InChI is InChI=1S/C13H15NO2/c1-4-13(2,3)16-12(15)14-10-11-8-6-5-7-9-11/h1,5-9H,10H2,2-3H3,(H,14,15). The number of nitrogens with one attached hydrogen (secondary N) is 1. The molecule has 0 fully saturated rings. The van der Waals surface area contributed by atoms with Crippen molar-refractivity contribution in [2.75, 3.05) is 0 Å². The van der Waals surface area contributed by atoms with Crippen molar-refractivity contribution in [3.8, 4) is 12.3 Å². The summed E-state index contributed by atoms with van der Waals surface area (Å²) in [5.74, 6) is 2.39. The van der Waals surface area contributed by atoms with Crippen molar-refractivity contribution >= 4 is 6.09 Å². The maximum atomic E-state index is 11.4. The molecule has 0 aliphatic carbocycles. The van der Waals surface area contributed by atoms with Crippen molar-refractivity contribution in [2.45, 2.75) is 26.0 Å². The first kappa shape index (κ1) is 12.1. The Morgan fingerprint density at radius 2 is 2.06 bits per heavy atom. The van der Waals surface area contributed by atoms with E-state index in [0.717, 1.165) is 5.56 Å². The van der Waals surface area contributed by atoms with Crippen LogP contribution in [0.25, 0.3) is 0 Å². The Morgan fingerprint density at radius 1 is 1.44 bits per heavy atom. The molecule has 3 nitrogen and oxygen atoms in total. The number of amides is 1. The highest BCUT2D eigenvalue weighted by molar-refractivity contribution is 5.68. The van der Waals surface area contributed by atoms with Crippen LogP contribution < -0.4 is 5.32 Å². The number of hydrogen-bond donors (Lipinski definition) is 1. The van der Waals surface area contributed by atoms with Gasteiger partial charge in [0.2, 0.25) is 0 Å². The van der Waals surface area contributed by atoms with Gasteiger partial charge in [-0.1, -0.05) is 36.3 Å². The number of rotatable bonds is 3. The Morgan fingerprint density at radius 3 is 2.62 bits per heavy atom. The lowest BCUT2D eigenvalue weighted by Gasteiger charge is -2.18. The molecule has 1 N–H and O–H groups in total. The quantitative estimate of drug-likeness (QED) is 0.789. The van der Waals surface area contributed by atoms with E-state index in [9.17, 15) is 4.79 Å². The van der Waals surface area contributed by atoms with Crippen LogP contribution in [0.4, 0.5) is 4.79 Å². The van der Waals surface area contributed by atoms with Crippen molar-refractivity contribution in [3.63, 3.8) is 0 Å². The first-order chi connectivity index (χ1) is 7.53. The Balaban J connectivity index is 2.40. The van der Waals surface area contributed by atoms with Gasteiger partial charge in [-0.05, 0) is 19.4 Å². The molecule has 0 aliphatic rings. The molecule has 0 heterocycles. The van der Waals surface area contributed by atoms with Gasteiger partial charge in [-0.25, -0.2) is 4.79 Å². The van der Waals surface area contributed by atoms with Crippen molar-refractivity contribution in [1.29, 1.82) is 0 Å². The van der Waals surface area contributed by atoms with Crippen LogP contribution in [0.15, 0.2) is 30.3 Å². The molecule has 1 aromatic carbocycles. The molecule has 16 heavy (non-hydrogen) atoms. The topological polar surface area (TPSA) is 38.3 Å². The maximum Gasteiger partial charge on any atom is 0.408 e. The van der Waals surface area contributed by atoms with Crippen LogP contribution in [-0.2, 0) is 11.3 Å². The molecule has 3 heteroatoms. The highest BCUT2D eigenvalue weighted by Crippen LogP contribution is 2.07.